The fraction of sp³-hybridized carbons (Fsp3) is 0.325. The van der Waals surface area contributed by atoms with Crippen LogP contribution in [0.2, 0.25) is 0 Å². The summed E-state index contributed by atoms with van der Waals surface area (Å²) in [5.41, 5.74) is 7.86. The number of nitrogens with zero attached hydrogens (tertiary/aromatic N) is 2. The standard InChI is InChI=1S/C27H19N2.C13H24O2.Ir/c1-27(2)22-14-21-19(17-8-4-3-5-9-17)11-7-13-24(21)29-26(22)20-12-6-10-18-15-28-16-23(27)25(18)20;1-5-10(6-2)12(14)9-13(15)11(7-3)8-4;/h3-11,13-16H,1-2H3;9-11,14H,5-8H2,1-4H3;/q-1;;/b;12-9-;. The Labute approximate surface area is 281 Å². The molecule has 0 spiro atoms. The molecule has 5 heteroatoms. The molecule has 1 aliphatic rings. The van der Waals surface area contributed by atoms with Crippen molar-refractivity contribution in [2.24, 2.45) is 11.8 Å². The van der Waals surface area contributed by atoms with Gasteiger partial charge in [-0.25, -0.2) is 0 Å². The summed E-state index contributed by atoms with van der Waals surface area (Å²) in [4.78, 5) is 21.4. The number of fused-ring (bicyclic) bond motifs is 3. The van der Waals surface area contributed by atoms with Crippen molar-refractivity contribution in [3.05, 3.63) is 108 Å². The molecule has 0 bridgehead atoms. The number of carbonyl (C=O) groups is 1. The number of hydrogen-bond donors (Lipinski definition) is 1. The number of rotatable bonds is 8. The van der Waals surface area contributed by atoms with Crippen LogP contribution in [0.4, 0.5) is 0 Å². The molecule has 6 rings (SSSR count). The van der Waals surface area contributed by atoms with Crippen LogP contribution in [0.3, 0.4) is 0 Å². The molecule has 0 fully saturated rings. The third kappa shape index (κ3) is 6.66. The molecule has 45 heavy (non-hydrogen) atoms. The maximum Gasteiger partial charge on any atom is 0.162 e. The molecule has 2 aromatic heterocycles. The Morgan fingerprint density at radius 3 is 2.24 bits per heavy atom. The van der Waals surface area contributed by atoms with Gasteiger partial charge >= 0.3 is 0 Å². The minimum Gasteiger partial charge on any atom is -0.512 e. The quantitative estimate of drug-likeness (QED) is 0.0969. The minimum absolute atomic E-state index is 0. The number of aliphatic hydroxyl groups is 1. The van der Waals surface area contributed by atoms with Crippen LogP contribution in [0.5, 0.6) is 0 Å². The molecule has 0 saturated heterocycles. The van der Waals surface area contributed by atoms with Crippen LogP contribution in [-0.2, 0) is 30.3 Å². The van der Waals surface area contributed by atoms with Gasteiger partial charge in [0.15, 0.2) is 5.78 Å². The molecule has 2 heterocycles. The fourth-order valence-electron chi connectivity index (χ4n) is 6.49. The number of pyridine rings is 2. The second-order valence-corrected chi connectivity index (χ2v) is 12.3. The summed E-state index contributed by atoms with van der Waals surface area (Å²) < 4.78 is 0. The summed E-state index contributed by atoms with van der Waals surface area (Å²) in [5, 5.41) is 13.3. The van der Waals surface area contributed by atoms with E-state index in [9.17, 15) is 9.90 Å². The van der Waals surface area contributed by atoms with Crippen molar-refractivity contribution in [1.82, 2.24) is 9.97 Å². The van der Waals surface area contributed by atoms with Crippen LogP contribution in [0.15, 0.2) is 91.0 Å². The van der Waals surface area contributed by atoms with E-state index in [-0.39, 0.29) is 48.9 Å². The van der Waals surface area contributed by atoms with Gasteiger partial charge in [-0.05, 0) is 48.6 Å². The van der Waals surface area contributed by atoms with Crippen LogP contribution in [0, 0.1) is 17.9 Å². The van der Waals surface area contributed by atoms with Gasteiger partial charge in [-0.3, -0.25) is 14.8 Å². The monoisotopic (exact) mass is 776 g/mol. The predicted molar refractivity (Wildman–Crippen MR) is 183 cm³/mol. The first-order valence-corrected chi connectivity index (χ1v) is 16.0. The maximum atomic E-state index is 11.7. The molecule has 5 aromatic rings. The van der Waals surface area contributed by atoms with Gasteiger partial charge in [0.2, 0.25) is 0 Å². The molecule has 0 amide bonds. The molecule has 0 aliphatic heterocycles. The minimum atomic E-state index is -0.185. The topological polar surface area (TPSA) is 63.1 Å². The van der Waals surface area contributed by atoms with E-state index in [0.717, 1.165) is 47.8 Å². The van der Waals surface area contributed by atoms with Crippen molar-refractivity contribution in [3.63, 3.8) is 0 Å². The Hall–Kier alpha value is -3.66. The zero-order valence-electron chi connectivity index (χ0n) is 27.1. The van der Waals surface area contributed by atoms with Gasteiger partial charge in [-0.1, -0.05) is 112 Å². The average molecular weight is 776 g/mol. The van der Waals surface area contributed by atoms with E-state index in [1.807, 2.05) is 46.2 Å². The van der Waals surface area contributed by atoms with Crippen molar-refractivity contribution in [3.8, 4) is 22.4 Å². The Morgan fingerprint density at radius 1 is 0.889 bits per heavy atom. The van der Waals surface area contributed by atoms with E-state index in [1.165, 1.54) is 39.1 Å². The molecule has 1 N–H and O–H groups in total. The molecule has 0 atom stereocenters. The number of carbonyl (C=O) groups excluding carboxylic acids is 1. The molecule has 0 saturated carbocycles. The van der Waals surface area contributed by atoms with Gasteiger partial charge < -0.3 is 5.11 Å². The smallest absolute Gasteiger partial charge is 0.162 e. The Balaban J connectivity index is 0.000000249. The molecule has 3 aromatic carbocycles. The first kappa shape index (κ1) is 34.2. The van der Waals surface area contributed by atoms with E-state index in [4.69, 9.17) is 4.98 Å². The van der Waals surface area contributed by atoms with Crippen molar-refractivity contribution in [2.45, 2.75) is 72.6 Å². The number of aliphatic hydroxyl groups excluding tert-OH is 1. The molecule has 235 valence electrons. The summed E-state index contributed by atoms with van der Waals surface area (Å²) >= 11 is 0. The number of aromatic nitrogens is 2. The van der Waals surface area contributed by atoms with Gasteiger partial charge in [0, 0.05) is 61.2 Å². The number of benzene rings is 3. The second-order valence-electron chi connectivity index (χ2n) is 12.3. The van der Waals surface area contributed by atoms with E-state index in [1.54, 1.807) is 0 Å². The summed E-state index contributed by atoms with van der Waals surface area (Å²) in [7, 11) is 0. The number of ketones is 1. The van der Waals surface area contributed by atoms with Gasteiger partial charge in [-0.2, -0.15) is 0 Å². The van der Waals surface area contributed by atoms with Gasteiger partial charge in [0.25, 0.3) is 0 Å². The van der Waals surface area contributed by atoms with Crippen molar-refractivity contribution >= 4 is 27.5 Å². The molecule has 1 radical (unpaired) electrons. The van der Waals surface area contributed by atoms with E-state index < -0.39 is 0 Å². The van der Waals surface area contributed by atoms with Gasteiger partial charge in [-0.15, -0.1) is 23.8 Å². The predicted octanol–water partition coefficient (Wildman–Crippen LogP) is 10.4. The van der Waals surface area contributed by atoms with Crippen LogP contribution in [0.1, 0.15) is 78.4 Å². The molecular formula is C40H43IrN2O2-. The normalized spacial score (nSPS) is 13.3. The third-order valence-electron chi connectivity index (χ3n) is 9.33. The molecule has 4 nitrogen and oxygen atoms in total. The second kappa shape index (κ2) is 14.6. The summed E-state index contributed by atoms with van der Waals surface area (Å²) in [5.74, 6) is 0.547. The largest absolute Gasteiger partial charge is 0.512 e. The van der Waals surface area contributed by atoms with Crippen LogP contribution >= 0.6 is 0 Å². The van der Waals surface area contributed by atoms with Crippen LogP contribution < -0.4 is 0 Å². The summed E-state index contributed by atoms with van der Waals surface area (Å²) in [6.45, 7) is 12.6. The third-order valence-corrected chi connectivity index (χ3v) is 9.33. The van der Waals surface area contributed by atoms with Crippen LogP contribution in [-0.4, -0.2) is 20.9 Å². The first-order chi connectivity index (χ1) is 21.2. The van der Waals surface area contributed by atoms with Crippen molar-refractivity contribution in [1.29, 1.82) is 0 Å². The van der Waals surface area contributed by atoms with Crippen molar-refractivity contribution in [2.75, 3.05) is 0 Å². The fourth-order valence-corrected chi connectivity index (χ4v) is 6.49. The summed E-state index contributed by atoms with van der Waals surface area (Å²) in [6, 6.07) is 26.8. The van der Waals surface area contributed by atoms with E-state index in [0.29, 0.717) is 0 Å². The Bertz CT molecular complexity index is 1810. The molecule has 1 aliphatic carbocycles. The Kier molecular flexibility index (Phi) is 11.1. The van der Waals surface area contributed by atoms with Crippen molar-refractivity contribution < 1.29 is 30.0 Å². The zero-order chi connectivity index (χ0) is 31.4. The van der Waals surface area contributed by atoms with E-state index in [2.05, 4.69) is 85.6 Å². The SMILES string of the molecule is CC1(C)c2cc3c(-c4ccccc4)cccc3nc2-c2[c-]ccc3cncc1c23.CCC(CC)C(=O)/C=C(\O)C(CC)CC.[Ir]. The summed E-state index contributed by atoms with van der Waals surface area (Å²) in [6.07, 6.45) is 8.85. The molecule has 0 unspecified atom stereocenters. The van der Waals surface area contributed by atoms with E-state index >= 15 is 0 Å². The van der Waals surface area contributed by atoms with Gasteiger partial charge in [0.1, 0.15) is 0 Å². The maximum absolute atomic E-state index is 11.7. The Morgan fingerprint density at radius 2 is 1.58 bits per heavy atom. The first-order valence-electron chi connectivity index (χ1n) is 16.0. The average Bonchev–Trinajstić information content (AvgIpc) is 3.04. The van der Waals surface area contributed by atoms with Gasteiger partial charge in [0.05, 0.1) is 11.3 Å². The molecular weight excluding hydrogens is 733 g/mol. The number of allylic oxidation sites excluding steroid dienone is 2. The number of hydrogen-bond acceptors (Lipinski definition) is 4. The zero-order valence-corrected chi connectivity index (χ0v) is 29.5. The van der Waals surface area contributed by atoms with Crippen LogP contribution in [0.25, 0.3) is 44.1 Å².